The number of aromatic nitrogens is 2. The molecule has 5 heterocycles. The first-order chi connectivity index (χ1) is 21.3. The van der Waals surface area contributed by atoms with Gasteiger partial charge in [-0.15, -0.1) is 0 Å². The predicted octanol–water partition coefficient (Wildman–Crippen LogP) is 3.57. The van der Waals surface area contributed by atoms with Crippen molar-refractivity contribution in [2.45, 2.75) is 12.5 Å². The van der Waals surface area contributed by atoms with Crippen LogP contribution in [0.4, 0.5) is 31.1 Å². The molecule has 0 bridgehead atoms. The molecule has 0 aliphatic carbocycles. The Labute approximate surface area is 256 Å². The van der Waals surface area contributed by atoms with E-state index in [1.165, 1.54) is 29.5 Å². The number of halogens is 2. The molecule has 2 aromatic carbocycles. The van der Waals surface area contributed by atoms with Gasteiger partial charge in [-0.2, -0.15) is 5.26 Å². The Morgan fingerprint density at radius 2 is 1.91 bits per heavy atom. The second-order valence-electron chi connectivity index (χ2n) is 11.4. The van der Waals surface area contributed by atoms with Crippen LogP contribution in [0.15, 0.2) is 36.4 Å². The van der Waals surface area contributed by atoms with Crippen LogP contribution < -0.4 is 15.1 Å². The second-order valence-corrected chi connectivity index (χ2v) is 12.3. The molecule has 0 radical (unpaired) electrons. The average Bonchev–Trinajstić information content (AvgIpc) is 3.66. The third-order valence-corrected chi connectivity index (χ3v) is 9.57. The van der Waals surface area contributed by atoms with Crippen LogP contribution in [-0.2, 0) is 11.2 Å². The number of β-amino-alcohol motifs (C(OH)–C–C–N with tert-alkyl or cyclic N) is 1. The van der Waals surface area contributed by atoms with Gasteiger partial charge in [0.05, 0.1) is 18.3 Å². The largest absolute Gasteiger partial charge is 0.389 e. The number of anilines is 4. The molecule has 0 saturated carbocycles. The normalized spacial score (nSPS) is 16.9. The quantitative estimate of drug-likeness (QED) is 0.336. The van der Waals surface area contributed by atoms with Gasteiger partial charge in [0.15, 0.2) is 10.9 Å². The van der Waals surface area contributed by atoms with Crippen molar-refractivity contribution in [1.29, 1.82) is 5.26 Å². The summed E-state index contributed by atoms with van der Waals surface area (Å²) in [5.74, 6) is -0.145. The number of thiazole rings is 1. The van der Waals surface area contributed by atoms with Gasteiger partial charge < -0.3 is 25.1 Å². The van der Waals surface area contributed by atoms with Crippen molar-refractivity contribution in [2.24, 2.45) is 0 Å². The highest BCUT2D eigenvalue weighted by Gasteiger charge is 2.31. The highest BCUT2D eigenvalue weighted by atomic mass is 32.1. The summed E-state index contributed by atoms with van der Waals surface area (Å²) < 4.78 is 29.4. The smallest absolute Gasteiger partial charge is 0.236 e. The summed E-state index contributed by atoms with van der Waals surface area (Å²) in [6, 6.07) is 11.6. The Hall–Kier alpha value is -4.38. The number of piperazine rings is 1. The highest BCUT2D eigenvalue weighted by molar-refractivity contribution is 7.16. The van der Waals surface area contributed by atoms with Crippen molar-refractivity contribution < 1.29 is 18.7 Å². The Balaban J connectivity index is 1.20. The first-order valence-electron chi connectivity index (χ1n) is 14.5. The standard InChI is InChI=1S/C31H30F2N8O2S/c1-38(31-37-27(25(14-34)44-31)18-2-4-19(32)5-3-18)29-22-6-7-35-30(22)36-28-23(29)12-20(13-24(28)33)40-10-8-39(9-11-40)17-26(43)41-15-21(42)16-41/h2-5,12-13,21,42H,6-11,15-17H2,1H3,(H,35,36). The number of hydrogen-bond donors (Lipinski definition) is 2. The minimum atomic E-state index is -0.429. The van der Waals surface area contributed by atoms with Crippen LogP contribution in [0.1, 0.15) is 10.4 Å². The van der Waals surface area contributed by atoms with Crippen LogP contribution in [-0.4, -0.2) is 96.3 Å². The number of amides is 1. The summed E-state index contributed by atoms with van der Waals surface area (Å²) in [7, 11) is 1.86. The third kappa shape index (κ3) is 5.08. The summed E-state index contributed by atoms with van der Waals surface area (Å²) in [5, 5.41) is 23.9. The number of likely N-dealkylation sites (tertiary alicyclic amines) is 1. The number of carbonyl (C=O) groups excluding carboxylic acids is 1. The van der Waals surface area contributed by atoms with E-state index < -0.39 is 11.9 Å². The molecule has 4 aromatic rings. The number of nitriles is 1. The van der Waals surface area contributed by atoms with Gasteiger partial charge in [0.1, 0.15) is 33.8 Å². The number of nitrogens with one attached hydrogen (secondary N) is 1. The molecular formula is C31H30F2N8O2S. The Morgan fingerprint density at radius 3 is 2.61 bits per heavy atom. The number of fused-ring (bicyclic) bond motifs is 2. The molecule has 1 amide bonds. The lowest BCUT2D eigenvalue weighted by atomic mass is 10.0. The molecule has 2 saturated heterocycles. The van der Waals surface area contributed by atoms with Gasteiger partial charge in [0.25, 0.3) is 0 Å². The molecule has 0 unspecified atom stereocenters. The first kappa shape index (κ1) is 28.4. The van der Waals surface area contributed by atoms with Crippen LogP contribution in [0.5, 0.6) is 0 Å². The molecule has 0 atom stereocenters. The highest BCUT2D eigenvalue weighted by Crippen LogP contribution is 2.44. The van der Waals surface area contributed by atoms with Crippen LogP contribution in [0, 0.1) is 23.0 Å². The van der Waals surface area contributed by atoms with E-state index in [0.717, 1.165) is 16.9 Å². The van der Waals surface area contributed by atoms with E-state index in [1.807, 2.05) is 18.0 Å². The van der Waals surface area contributed by atoms with E-state index >= 15 is 4.39 Å². The maximum atomic E-state index is 15.8. The van der Waals surface area contributed by atoms with Crippen LogP contribution in [0.2, 0.25) is 0 Å². The van der Waals surface area contributed by atoms with E-state index in [1.54, 1.807) is 17.0 Å². The zero-order chi connectivity index (χ0) is 30.5. The Morgan fingerprint density at radius 1 is 1.16 bits per heavy atom. The van der Waals surface area contributed by atoms with E-state index in [4.69, 9.17) is 4.98 Å². The van der Waals surface area contributed by atoms with Gasteiger partial charge in [-0.3, -0.25) is 9.69 Å². The van der Waals surface area contributed by atoms with Crippen LogP contribution in [0.3, 0.4) is 0 Å². The minimum absolute atomic E-state index is 0.0195. The van der Waals surface area contributed by atoms with E-state index in [0.29, 0.717) is 91.2 Å². The fourth-order valence-electron chi connectivity index (χ4n) is 6.13. The molecule has 2 N–H and O–H groups in total. The van der Waals surface area contributed by atoms with Gasteiger partial charge in [-0.1, -0.05) is 11.3 Å². The Bertz CT molecular complexity index is 1790. The number of hydrogen-bond acceptors (Lipinski definition) is 10. The zero-order valence-corrected chi connectivity index (χ0v) is 24.9. The van der Waals surface area contributed by atoms with Crippen LogP contribution >= 0.6 is 11.3 Å². The first-order valence-corrected chi connectivity index (χ1v) is 15.3. The third-order valence-electron chi connectivity index (χ3n) is 8.53. The Kier molecular flexibility index (Phi) is 7.28. The maximum Gasteiger partial charge on any atom is 0.236 e. The van der Waals surface area contributed by atoms with E-state index in [9.17, 15) is 19.6 Å². The van der Waals surface area contributed by atoms with Crippen molar-refractivity contribution in [1.82, 2.24) is 19.8 Å². The molecule has 3 aliphatic rings. The number of nitrogens with zero attached hydrogens (tertiary/aromatic N) is 7. The summed E-state index contributed by atoms with van der Waals surface area (Å²) in [6.45, 7) is 4.34. The van der Waals surface area contributed by atoms with Gasteiger partial charge >= 0.3 is 0 Å². The molecular weight excluding hydrogens is 586 g/mol. The molecule has 13 heteroatoms. The maximum absolute atomic E-state index is 15.8. The van der Waals surface area contributed by atoms with E-state index in [2.05, 4.69) is 26.2 Å². The SMILES string of the molecule is CN(c1nc(-c2ccc(F)cc2)c(C#N)s1)c1c2c(nc3c(F)cc(N4CCN(CC(=O)N5CC(O)C5)CC4)cc13)NCC2. The topological polar surface area (TPSA) is 112 Å². The number of rotatable bonds is 6. The monoisotopic (exact) mass is 616 g/mol. The lowest BCUT2D eigenvalue weighted by Crippen LogP contribution is -2.57. The minimum Gasteiger partial charge on any atom is -0.389 e. The summed E-state index contributed by atoms with van der Waals surface area (Å²) in [5.41, 5.74) is 3.83. The molecule has 2 aromatic heterocycles. The molecule has 3 aliphatic heterocycles. The lowest BCUT2D eigenvalue weighted by Gasteiger charge is -2.39. The van der Waals surface area contributed by atoms with Gasteiger partial charge in [-0.25, -0.2) is 18.7 Å². The number of benzene rings is 2. The number of aliphatic hydroxyl groups excluding tert-OH is 1. The van der Waals surface area contributed by atoms with Gasteiger partial charge in [0, 0.05) is 75.1 Å². The summed E-state index contributed by atoms with van der Waals surface area (Å²) in [4.78, 5) is 30.1. The van der Waals surface area contributed by atoms with Crippen molar-refractivity contribution in [3.8, 4) is 17.3 Å². The van der Waals surface area contributed by atoms with Gasteiger partial charge in [0.2, 0.25) is 5.91 Å². The number of aliphatic hydroxyl groups is 1. The molecule has 10 nitrogen and oxygen atoms in total. The zero-order valence-electron chi connectivity index (χ0n) is 24.1. The number of pyridine rings is 1. The van der Waals surface area contributed by atoms with Crippen molar-refractivity contribution >= 4 is 50.5 Å². The lowest BCUT2D eigenvalue weighted by molar-refractivity contribution is -0.142. The summed E-state index contributed by atoms with van der Waals surface area (Å²) >= 11 is 1.23. The summed E-state index contributed by atoms with van der Waals surface area (Å²) in [6.07, 6.45) is 0.279. The molecule has 7 rings (SSSR count). The predicted molar refractivity (Wildman–Crippen MR) is 165 cm³/mol. The molecule has 2 fully saturated rings. The second kappa shape index (κ2) is 11.3. The van der Waals surface area contributed by atoms with Crippen molar-refractivity contribution in [2.75, 3.05) is 74.5 Å². The van der Waals surface area contributed by atoms with Gasteiger partial charge in [-0.05, 0) is 42.8 Å². The average molecular weight is 617 g/mol. The molecule has 44 heavy (non-hydrogen) atoms. The van der Waals surface area contributed by atoms with Crippen LogP contribution in [0.25, 0.3) is 22.2 Å². The van der Waals surface area contributed by atoms with E-state index in [-0.39, 0.29) is 17.2 Å². The fraction of sp³-hybridized carbons (Fsp3) is 0.355. The fourth-order valence-corrected chi connectivity index (χ4v) is 6.98. The van der Waals surface area contributed by atoms with Crippen molar-refractivity contribution in [3.63, 3.8) is 0 Å². The number of carbonyl (C=O) groups is 1. The van der Waals surface area contributed by atoms with Crippen molar-refractivity contribution in [3.05, 3.63) is 58.5 Å². The molecule has 0 spiro atoms. The molecule has 226 valence electrons.